The molecule has 0 aromatic heterocycles. The number of aryl methyl sites for hydroxylation is 1. The molecule has 0 radical (unpaired) electrons. The lowest BCUT2D eigenvalue weighted by Gasteiger charge is -2.32. The fraction of sp³-hybridized carbons (Fsp3) is 0.458. The largest absolute Gasteiger partial charge is 0.375 e. The lowest BCUT2D eigenvalue weighted by Crippen LogP contribution is -2.42. The normalized spacial score (nSPS) is 19.7. The summed E-state index contributed by atoms with van der Waals surface area (Å²) in [6.45, 7) is 5.77. The van der Waals surface area contributed by atoms with Gasteiger partial charge in [-0.05, 0) is 30.9 Å². The molecule has 0 amide bonds. The molecule has 1 aliphatic rings. The monoisotopic (exact) mass is 395 g/mol. The molecule has 2 aromatic rings. The first-order valence-electron chi connectivity index (χ1n) is 10.5. The molecular formula is C24H33N3O2. The Morgan fingerprint density at radius 2 is 1.90 bits per heavy atom. The number of benzene rings is 2. The van der Waals surface area contributed by atoms with E-state index in [1.165, 1.54) is 16.7 Å². The number of rotatable bonds is 8. The second kappa shape index (κ2) is 11.6. The zero-order valence-electron chi connectivity index (χ0n) is 17.6. The van der Waals surface area contributed by atoms with E-state index in [-0.39, 0.29) is 6.10 Å². The molecule has 0 saturated carbocycles. The van der Waals surface area contributed by atoms with Gasteiger partial charge in [0.25, 0.3) is 0 Å². The third-order valence-electron chi connectivity index (χ3n) is 5.26. The van der Waals surface area contributed by atoms with Gasteiger partial charge >= 0.3 is 0 Å². The highest BCUT2D eigenvalue weighted by molar-refractivity contribution is 5.79. The van der Waals surface area contributed by atoms with E-state index in [2.05, 4.69) is 58.9 Å². The smallest absolute Gasteiger partial charge is 0.191 e. The van der Waals surface area contributed by atoms with Gasteiger partial charge in [0.05, 0.1) is 19.3 Å². The van der Waals surface area contributed by atoms with E-state index in [1.807, 2.05) is 18.2 Å². The predicted octanol–water partition coefficient (Wildman–Crippen LogP) is 3.84. The summed E-state index contributed by atoms with van der Waals surface area (Å²) >= 11 is 0. The first kappa shape index (κ1) is 21.3. The highest BCUT2D eigenvalue weighted by Gasteiger charge is 2.27. The van der Waals surface area contributed by atoms with Crippen LogP contribution in [0.4, 0.5) is 0 Å². The first-order chi connectivity index (χ1) is 14.3. The Labute approximate surface area is 174 Å². The van der Waals surface area contributed by atoms with Crippen molar-refractivity contribution in [3.8, 4) is 0 Å². The fourth-order valence-corrected chi connectivity index (χ4v) is 3.63. The molecule has 1 heterocycles. The highest BCUT2D eigenvalue weighted by Crippen LogP contribution is 2.33. The van der Waals surface area contributed by atoms with E-state index in [0.29, 0.717) is 19.1 Å². The van der Waals surface area contributed by atoms with Gasteiger partial charge in [0.2, 0.25) is 0 Å². The van der Waals surface area contributed by atoms with Gasteiger partial charge in [-0.3, -0.25) is 4.99 Å². The van der Waals surface area contributed by atoms with Crippen LogP contribution in [0.2, 0.25) is 0 Å². The van der Waals surface area contributed by atoms with Crippen LogP contribution in [0.15, 0.2) is 59.6 Å². The van der Waals surface area contributed by atoms with Crippen molar-refractivity contribution in [3.63, 3.8) is 0 Å². The summed E-state index contributed by atoms with van der Waals surface area (Å²) in [5.41, 5.74) is 3.73. The molecule has 1 fully saturated rings. The minimum atomic E-state index is 0.143. The maximum atomic E-state index is 6.12. The number of guanidine groups is 1. The summed E-state index contributed by atoms with van der Waals surface area (Å²) in [6.07, 6.45) is 2.40. The quantitative estimate of drug-likeness (QED) is 0.405. The van der Waals surface area contributed by atoms with Crippen LogP contribution in [-0.4, -0.2) is 39.3 Å². The number of hydrogen-bond donors (Lipinski definition) is 2. The van der Waals surface area contributed by atoms with E-state index in [0.717, 1.165) is 38.5 Å². The van der Waals surface area contributed by atoms with Crippen LogP contribution in [0.5, 0.6) is 0 Å². The van der Waals surface area contributed by atoms with Crippen LogP contribution < -0.4 is 10.6 Å². The van der Waals surface area contributed by atoms with Gasteiger partial charge in [0, 0.05) is 32.7 Å². The molecule has 2 aromatic carbocycles. The van der Waals surface area contributed by atoms with Crippen LogP contribution in [0, 0.1) is 12.8 Å². The van der Waals surface area contributed by atoms with Gasteiger partial charge in [-0.2, -0.15) is 0 Å². The lowest BCUT2D eigenvalue weighted by molar-refractivity contribution is -0.0265. The molecular weight excluding hydrogens is 362 g/mol. The van der Waals surface area contributed by atoms with Gasteiger partial charge in [-0.25, -0.2) is 0 Å². The molecule has 3 rings (SSSR count). The first-order valence-corrected chi connectivity index (χ1v) is 10.5. The molecule has 1 saturated heterocycles. The van der Waals surface area contributed by atoms with Gasteiger partial charge in [0.15, 0.2) is 5.96 Å². The van der Waals surface area contributed by atoms with E-state index >= 15 is 0 Å². The topological polar surface area (TPSA) is 54.9 Å². The summed E-state index contributed by atoms with van der Waals surface area (Å²) in [4.78, 5) is 4.34. The van der Waals surface area contributed by atoms with Crippen molar-refractivity contribution in [2.24, 2.45) is 10.9 Å². The number of nitrogens with zero attached hydrogens (tertiary/aromatic N) is 1. The van der Waals surface area contributed by atoms with Crippen molar-refractivity contribution in [3.05, 3.63) is 71.3 Å². The second-order valence-electron chi connectivity index (χ2n) is 7.52. The van der Waals surface area contributed by atoms with Gasteiger partial charge < -0.3 is 20.1 Å². The van der Waals surface area contributed by atoms with Gasteiger partial charge in [0.1, 0.15) is 0 Å². The Kier molecular flexibility index (Phi) is 8.53. The molecule has 2 N–H and O–H groups in total. The van der Waals surface area contributed by atoms with Crippen LogP contribution in [0.25, 0.3) is 0 Å². The fourth-order valence-electron chi connectivity index (χ4n) is 3.63. The molecule has 29 heavy (non-hydrogen) atoms. The molecule has 2 unspecified atom stereocenters. The maximum Gasteiger partial charge on any atom is 0.191 e. The minimum Gasteiger partial charge on any atom is -0.375 e. The van der Waals surface area contributed by atoms with Crippen LogP contribution in [0.3, 0.4) is 0 Å². The van der Waals surface area contributed by atoms with Crippen molar-refractivity contribution in [2.45, 2.75) is 32.5 Å². The minimum absolute atomic E-state index is 0.143. The Morgan fingerprint density at radius 1 is 1.10 bits per heavy atom. The molecule has 0 bridgehead atoms. The van der Waals surface area contributed by atoms with E-state index in [9.17, 15) is 0 Å². The number of aliphatic imine (C=N–C) groups is 1. The molecule has 0 aliphatic carbocycles. The van der Waals surface area contributed by atoms with Crippen molar-refractivity contribution < 1.29 is 9.47 Å². The van der Waals surface area contributed by atoms with Crippen LogP contribution in [-0.2, 0) is 16.1 Å². The SMILES string of the molecule is CN=C(NCCOCc1ccccc1)NCC1CCCOC1c1ccc(C)cc1. The van der Waals surface area contributed by atoms with Crippen molar-refractivity contribution in [1.29, 1.82) is 0 Å². The molecule has 0 spiro atoms. The van der Waals surface area contributed by atoms with Crippen LogP contribution in [0.1, 0.15) is 35.6 Å². The molecule has 2 atom stereocenters. The summed E-state index contributed by atoms with van der Waals surface area (Å²) < 4.78 is 11.8. The average Bonchev–Trinajstić information content (AvgIpc) is 2.77. The van der Waals surface area contributed by atoms with Crippen LogP contribution >= 0.6 is 0 Å². The Morgan fingerprint density at radius 3 is 2.66 bits per heavy atom. The van der Waals surface area contributed by atoms with E-state index < -0.39 is 0 Å². The third kappa shape index (κ3) is 6.87. The Hall–Kier alpha value is -2.37. The van der Waals surface area contributed by atoms with Gasteiger partial charge in [-0.1, -0.05) is 60.2 Å². The van der Waals surface area contributed by atoms with E-state index in [4.69, 9.17) is 9.47 Å². The highest BCUT2D eigenvalue weighted by atomic mass is 16.5. The van der Waals surface area contributed by atoms with Crippen molar-refractivity contribution >= 4 is 5.96 Å². The number of hydrogen-bond acceptors (Lipinski definition) is 3. The van der Waals surface area contributed by atoms with E-state index in [1.54, 1.807) is 7.05 Å². The Balaban J connectivity index is 1.41. The van der Waals surface area contributed by atoms with Crippen molar-refractivity contribution in [1.82, 2.24) is 10.6 Å². The molecule has 1 aliphatic heterocycles. The summed E-state index contributed by atoms with van der Waals surface area (Å²) in [6, 6.07) is 18.9. The second-order valence-corrected chi connectivity index (χ2v) is 7.52. The third-order valence-corrected chi connectivity index (χ3v) is 5.26. The lowest BCUT2D eigenvalue weighted by atomic mass is 9.89. The zero-order chi connectivity index (χ0) is 20.3. The zero-order valence-corrected chi connectivity index (χ0v) is 17.6. The molecule has 5 heteroatoms. The average molecular weight is 396 g/mol. The summed E-state index contributed by atoms with van der Waals surface area (Å²) in [5.74, 6) is 1.24. The van der Waals surface area contributed by atoms with Gasteiger partial charge in [-0.15, -0.1) is 0 Å². The standard InChI is InChI=1S/C24H33N3O2/c1-19-10-12-21(13-11-19)23-22(9-6-15-29-23)17-27-24(25-2)26-14-16-28-18-20-7-4-3-5-8-20/h3-5,7-8,10-13,22-23H,6,9,14-18H2,1-2H3,(H2,25,26,27). The maximum absolute atomic E-state index is 6.12. The summed E-state index contributed by atoms with van der Waals surface area (Å²) in [5, 5.41) is 6.79. The Bertz CT molecular complexity index is 746. The predicted molar refractivity (Wildman–Crippen MR) is 118 cm³/mol. The molecule has 156 valence electrons. The van der Waals surface area contributed by atoms with Crippen molar-refractivity contribution in [2.75, 3.05) is 33.4 Å². The number of ether oxygens (including phenoxy) is 2. The number of nitrogens with one attached hydrogen (secondary N) is 2. The summed E-state index contributed by atoms with van der Waals surface area (Å²) in [7, 11) is 1.80. The molecule has 5 nitrogen and oxygen atoms in total.